The molecule has 1 saturated heterocycles. The van der Waals surface area contributed by atoms with Crippen LogP contribution in [0.1, 0.15) is 18.5 Å². The van der Waals surface area contributed by atoms with Gasteiger partial charge in [-0.05, 0) is 31.5 Å². The highest BCUT2D eigenvalue weighted by molar-refractivity contribution is 7.13. The number of amides is 1. The van der Waals surface area contributed by atoms with E-state index < -0.39 is 0 Å². The Hall–Kier alpha value is -1.83. The van der Waals surface area contributed by atoms with E-state index in [2.05, 4.69) is 20.6 Å². The summed E-state index contributed by atoms with van der Waals surface area (Å²) in [6.07, 6.45) is 3.77. The fraction of sp³-hybridized carbons (Fsp3) is 0.471. The first kappa shape index (κ1) is 17.0. The third kappa shape index (κ3) is 4.37. The minimum Gasteiger partial charge on any atom is -0.355 e. The van der Waals surface area contributed by atoms with Gasteiger partial charge in [0.2, 0.25) is 5.91 Å². The lowest BCUT2D eigenvalue weighted by Crippen LogP contribution is -2.43. The van der Waals surface area contributed by atoms with E-state index in [4.69, 9.17) is 10.7 Å². The number of carbonyl (C=O) groups is 1. The summed E-state index contributed by atoms with van der Waals surface area (Å²) in [5, 5.41) is 5.93. The van der Waals surface area contributed by atoms with Gasteiger partial charge in [-0.3, -0.25) is 14.7 Å². The summed E-state index contributed by atoms with van der Waals surface area (Å²) in [5.74, 6) is 0.178. The second-order valence-corrected chi connectivity index (χ2v) is 6.87. The highest BCUT2D eigenvalue weighted by atomic mass is 32.1. The number of likely N-dealkylation sites (tertiary alicyclic amines) is 1. The van der Waals surface area contributed by atoms with Crippen LogP contribution in [0.3, 0.4) is 0 Å². The van der Waals surface area contributed by atoms with Gasteiger partial charge in [-0.2, -0.15) is 0 Å². The Kier molecular flexibility index (Phi) is 5.90. The molecule has 1 aliphatic heterocycles. The maximum absolute atomic E-state index is 12.1. The van der Waals surface area contributed by atoms with E-state index in [1.807, 2.05) is 18.2 Å². The minimum absolute atomic E-state index is 0.0548. The van der Waals surface area contributed by atoms with Crippen molar-refractivity contribution < 1.29 is 4.79 Å². The molecule has 1 fully saturated rings. The molecule has 3 rings (SSSR count). The third-order valence-corrected chi connectivity index (χ3v) is 5.05. The Morgan fingerprint density at radius 1 is 1.46 bits per heavy atom. The molecule has 0 bridgehead atoms. The monoisotopic (exact) mass is 345 g/mol. The van der Waals surface area contributed by atoms with Crippen LogP contribution in [0, 0.1) is 5.92 Å². The van der Waals surface area contributed by atoms with E-state index in [-0.39, 0.29) is 11.8 Å². The molecule has 1 amide bonds. The zero-order valence-electron chi connectivity index (χ0n) is 13.6. The van der Waals surface area contributed by atoms with E-state index in [0.29, 0.717) is 13.1 Å². The molecule has 3 N–H and O–H groups in total. The number of pyridine rings is 1. The van der Waals surface area contributed by atoms with Crippen molar-refractivity contribution in [3.8, 4) is 10.7 Å². The van der Waals surface area contributed by atoms with Crippen molar-refractivity contribution in [1.29, 1.82) is 0 Å². The van der Waals surface area contributed by atoms with Crippen LogP contribution in [0.5, 0.6) is 0 Å². The fourth-order valence-corrected chi connectivity index (χ4v) is 3.75. The smallest absolute Gasteiger partial charge is 0.224 e. The molecule has 1 unspecified atom stereocenters. The molecule has 2 aromatic heterocycles. The second-order valence-electron chi connectivity index (χ2n) is 6.01. The van der Waals surface area contributed by atoms with E-state index in [1.165, 1.54) is 0 Å². The van der Waals surface area contributed by atoms with Crippen LogP contribution < -0.4 is 11.1 Å². The van der Waals surface area contributed by atoms with E-state index >= 15 is 0 Å². The number of nitrogens with two attached hydrogens (primary N) is 1. The lowest BCUT2D eigenvalue weighted by atomic mass is 9.97. The van der Waals surface area contributed by atoms with Crippen LogP contribution in [0.2, 0.25) is 0 Å². The van der Waals surface area contributed by atoms with Gasteiger partial charge in [0.25, 0.3) is 0 Å². The maximum Gasteiger partial charge on any atom is 0.224 e. The van der Waals surface area contributed by atoms with Gasteiger partial charge in [0.1, 0.15) is 5.01 Å². The van der Waals surface area contributed by atoms with Crippen molar-refractivity contribution in [2.24, 2.45) is 11.7 Å². The largest absolute Gasteiger partial charge is 0.355 e. The predicted molar refractivity (Wildman–Crippen MR) is 95.4 cm³/mol. The molecule has 0 spiro atoms. The van der Waals surface area contributed by atoms with Crippen molar-refractivity contribution in [1.82, 2.24) is 20.2 Å². The molecule has 24 heavy (non-hydrogen) atoms. The van der Waals surface area contributed by atoms with Gasteiger partial charge in [-0.15, -0.1) is 11.3 Å². The SMILES string of the molecule is NCCNC(=O)C1CCCN(Cc2csc(-c3ccccn3)n2)C1. The highest BCUT2D eigenvalue weighted by Gasteiger charge is 2.25. The molecule has 128 valence electrons. The first-order valence-electron chi connectivity index (χ1n) is 8.32. The summed E-state index contributed by atoms with van der Waals surface area (Å²) in [4.78, 5) is 23.5. The summed E-state index contributed by atoms with van der Waals surface area (Å²) >= 11 is 1.62. The average Bonchev–Trinajstić information content (AvgIpc) is 3.09. The number of rotatable bonds is 6. The van der Waals surface area contributed by atoms with E-state index in [0.717, 1.165) is 48.9 Å². The van der Waals surface area contributed by atoms with Gasteiger partial charge in [-0.25, -0.2) is 4.98 Å². The molecule has 2 aromatic rings. The Morgan fingerprint density at radius 2 is 2.38 bits per heavy atom. The molecule has 0 radical (unpaired) electrons. The first-order chi connectivity index (χ1) is 11.8. The van der Waals surface area contributed by atoms with E-state index in [9.17, 15) is 4.79 Å². The molecular weight excluding hydrogens is 322 g/mol. The van der Waals surface area contributed by atoms with Gasteiger partial charge in [0.05, 0.1) is 17.3 Å². The van der Waals surface area contributed by atoms with Crippen molar-refractivity contribution in [3.63, 3.8) is 0 Å². The number of nitrogens with one attached hydrogen (secondary N) is 1. The third-order valence-electron chi connectivity index (χ3n) is 4.14. The number of aromatic nitrogens is 2. The standard InChI is InChI=1S/C17H23N5OS/c18-6-8-20-16(23)13-4-3-9-22(10-13)11-14-12-24-17(21-14)15-5-1-2-7-19-15/h1-2,5,7,12-13H,3-4,6,8-11,18H2,(H,20,23). The molecule has 0 aliphatic carbocycles. The van der Waals surface area contributed by atoms with Gasteiger partial charge >= 0.3 is 0 Å². The zero-order valence-corrected chi connectivity index (χ0v) is 14.5. The average molecular weight is 345 g/mol. The van der Waals surface area contributed by atoms with Gasteiger partial charge in [0.15, 0.2) is 0 Å². The van der Waals surface area contributed by atoms with Crippen molar-refractivity contribution in [3.05, 3.63) is 35.5 Å². The van der Waals surface area contributed by atoms with Crippen molar-refractivity contribution >= 4 is 17.2 Å². The lowest BCUT2D eigenvalue weighted by molar-refractivity contribution is -0.126. The molecule has 3 heterocycles. The number of carbonyl (C=O) groups excluding carboxylic acids is 1. The predicted octanol–water partition coefficient (Wildman–Crippen LogP) is 1.49. The first-order valence-corrected chi connectivity index (χ1v) is 9.20. The summed E-state index contributed by atoms with van der Waals surface area (Å²) in [5.41, 5.74) is 7.40. The van der Waals surface area contributed by atoms with Crippen molar-refractivity contribution in [2.75, 3.05) is 26.2 Å². The minimum atomic E-state index is 0.0548. The van der Waals surface area contributed by atoms with Crippen LogP contribution in [0.4, 0.5) is 0 Å². The second kappa shape index (κ2) is 8.32. The molecule has 1 aliphatic rings. The topological polar surface area (TPSA) is 84.1 Å². The Balaban J connectivity index is 1.58. The van der Waals surface area contributed by atoms with Crippen LogP contribution >= 0.6 is 11.3 Å². The van der Waals surface area contributed by atoms with Crippen LogP contribution in [0.25, 0.3) is 10.7 Å². The van der Waals surface area contributed by atoms with Gasteiger partial charge < -0.3 is 11.1 Å². The van der Waals surface area contributed by atoms with Crippen LogP contribution in [-0.4, -0.2) is 47.0 Å². The normalized spacial score (nSPS) is 18.5. The van der Waals surface area contributed by atoms with Crippen LogP contribution in [0.15, 0.2) is 29.8 Å². The lowest BCUT2D eigenvalue weighted by Gasteiger charge is -2.31. The molecule has 0 saturated carbocycles. The molecule has 0 aromatic carbocycles. The maximum atomic E-state index is 12.1. The number of nitrogens with zero attached hydrogens (tertiary/aromatic N) is 3. The quantitative estimate of drug-likeness (QED) is 0.829. The number of piperidine rings is 1. The zero-order chi connectivity index (χ0) is 16.8. The summed E-state index contributed by atoms with van der Waals surface area (Å²) < 4.78 is 0. The van der Waals surface area contributed by atoms with Crippen LogP contribution in [-0.2, 0) is 11.3 Å². The van der Waals surface area contributed by atoms with Gasteiger partial charge in [0, 0.05) is 37.8 Å². The summed E-state index contributed by atoms with van der Waals surface area (Å²) in [6, 6.07) is 5.85. The molecule has 6 nitrogen and oxygen atoms in total. The molecular formula is C17H23N5OS. The molecule has 1 atom stereocenters. The Labute approximate surface area is 146 Å². The summed E-state index contributed by atoms with van der Waals surface area (Å²) in [6.45, 7) is 3.61. The summed E-state index contributed by atoms with van der Waals surface area (Å²) in [7, 11) is 0. The molecule has 7 heteroatoms. The fourth-order valence-electron chi connectivity index (χ4n) is 2.97. The highest BCUT2D eigenvalue weighted by Crippen LogP contribution is 2.24. The number of hydrogen-bond donors (Lipinski definition) is 2. The number of thiazole rings is 1. The van der Waals surface area contributed by atoms with E-state index in [1.54, 1.807) is 17.5 Å². The van der Waals surface area contributed by atoms with Gasteiger partial charge in [-0.1, -0.05) is 6.07 Å². The Bertz CT molecular complexity index is 660. The number of hydrogen-bond acceptors (Lipinski definition) is 6. The Morgan fingerprint density at radius 3 is 3.17 bits per heavy atom. The van der Waals surface area contributed by atoms with Crippen molar-refractivity contribution in [2.45, 2.75) is 19.4 Å².